The second kappa shape index (κ2) is 8.34. The highest BCUT2D eigenvalue weighted by Gasteiger charge is 2.19. The second-order valence-electron chi connectivity index (χ2n) is 6.77. The smallest absolute Gasteiger partial charge is 0.303 e. The van der Waals surface area contributed by atoms with Crippen molar-refractivity contribution >= 4 is 5.97 Å². The summed E-state index contributed by atoms with van der Waals surface area (Å²) < 4.78 is 11.5. The van der Waals surface area contributed by atoms with Crippen LogP contribution in [0.15, 0.2) is 41.0 Å². The summed E-state index contributed by atoms with van der Waals surface area (Å²) in [6, 6.07) is 5.97. The normalized spacial score (nSPS) is 17.6. The fourth-order valence-electron chi connectivity index (χ4n) is 3.60. The Morgan fingerprint density at radius 3 is 2.88 bits per heavy atom. The standard InChI is InChI=1S/C21H26O4/c1-15-13-16(6-8-21(22)23)5-7-20(15)25-14-18-3-2-4-19(18)17-9-11-24-12-10-17/h5,7,9,13H,2-4,6,8,10-12,14H2,1H3,(H,22,23). The number of ether oxygens (including phenoxy) is 2. The maximum Gasteiger partial charge on any atom is 0.303 e. The number of hydrogen-bond acceptors (Lipinski definition) is 3. The zero-order valence-corrected chi connectivity index (χ0v) is 14.8. The molecule has 0 radical (unpaired) electrons. The summed E-state index contributed by atoms with van der Waals surface area (Å²) in [5, 5.41) is 8.79. The molecule has 4 nitrogen and oxygen atoms in total. The molecule has 0 saturated carbocycles. The molecule has 0 unspecified atom stereocenters. The lowest BCUT2D eigenvalue weighted by atomic mass is 9.98. The Bertz CT molecular complexity index is 700. The molecule has 0 amide bonds. The van der Waals surface area contributed by atoms with Crippen molar-refractivity contribution in [1.29, 1.82) is 0 Å². The van der Waals surface area contributed by atoms with Crippen LogP contribution in [0.1, 0.15) is 43.2 Å². The van der Waals surface area contributed by atoms with Gasteiger partial charge in [0.15, 0.2) is 0 Å². The van der Waals surface area contributed by atoms with E-state index in [9.17, 15) is 4.79 Å². The molecule has 1 N–H and O–H groups in total. The summed E-state index contributed by atoms with van der Waals surface area (Å²) >= 11 is 0. The molecule has 3 rings (SSSR count). The van der Waals surface area contributed by atoms with Gasteiger partial charge in [0.2, 0.25) is 0 Å². The van der Waals surface area contributed by atoms with Crippen molar-refractivity contribution in [3.63, 3.8) is 0 Å². The first-order chi connectivity index (χ1) is 12.1. The summed E-state index contributed by atoms with van der Waals surface area (Å²) in [5.41, 5.74) is 6.46. The molecule has 1 aliphatic heterocycles. The molecule has 1 heterocycles. The Morgan fingerprint density at radius 2 is 2.16 bits per heavy atom. The SMILES string of the molecule is Cc1cc(CCC(=O)O)ccc1OCC1=C(C2=CCOCC2)CCC1. The van der Waals surface area contributed by atoms with Crippen molar-refractivity contribution in [2.75, 3.05) is 19.8 Å². The molecular formula is C21H26O4. The maximum absolute atomic E-state index is 10.7. The summed E-state index contributed by atoms with van der Waals surface area (Å²) in [7, 11) is 0. The summed E-state index contributed by atoms with van der Waals surface area (Å²) in [6.07, 6.45) is 7.42. The molecule has 0 spiro atoms. The lowest BCUT2D eigenvalue weighted by Gasteiger charge is -2.17. The van der Waals surface area contributed by atoms with Gasteiger partial charge in [0.1, 0.15) is 12.4 Å². The minimum atomic E-state index is -0.763. The largest absolute Gasteiger partial charge is 0.489 e. The average molecular weight is 342 g/mol. The third-order valence-corrected chi connectivity index (χ3v) is 4.95. The Labute approximate surface area is 149 Å². The highest BCUT2D eigenvalue weighted by molar-refractivity contribution is 5.67. The molecule has 25 heavy (non-hydrogen) atoms. The van der Waals surface area contributed by atoms with Gasteiger partial charge < -0.3 is 14.6 Å². The minimum Gasteiger partial charge on any atom is -0.489 e. The monoisotopic (exact) mass is 342 g/mol. The Balaban J connectivity index is 1.64. The van der Waals surface area contributed by atoms with Crippen molar-refractivity contribution in [3.05, 3.63) is 52.1 Å². The van der Waals surface area contributed by atoms with Gasteiger partial charge in [-0.3, -0.25) is 4.79 Å². The Hall–Kier alpha value is -2.07. The zero-order chi connectivity index (χ0) is 17.6. The van der Waals surface area contributed by atoms with E-state index in [-0.39, 0.29) is 6.42 Å². The van der Waals surface area contributed by atoms with Crippen molar-refractivity contribution in [2.45, 2.75) is 45.4 Å². The van der Waals surface area contributed by atoms with Gasteiger partial charge in [-0.05, 0) is 72.9 Å². The molecule has 0 fully saturated rings. The molecule has 134 valence electrons. The van der Waals surface area contributed by atoms with Crippen LogP contribution in [0.3, 0.4) is 0 Å². The molecule has 0 bridgehead atoms. The van der Waals surface area contributed by atoms with Crippen LogP contribution in [0.2, 0.25) is 0 Å². The molecule has 0 atom stereocenters. The van der Waals surface area contributed by atoms with Crippen LogP contribution in [0, 0.1) is 6.92 Å². The van der Waals surface area contributed by atoms with Gasteiger partial charge in [-0.2, -0.15) is 0 Å². The van der Waals surface area contributed by atoms with Crippen LogP contribution < -0.4 is 4.74 Å². The lowest BCUT2D eigenvalue weighted by molar-refractivity contribution is -0.136. The van der Waals surface area contributed by atoms with Crippen molar-refractivity contribution < 1.29 is 19.4 Å². The minimum absolute atomic E-state index is 0.161. The van der Waals surface area contributed by atoms with E-state index in [0.717, 1.165) is 49.4 Å². The van der Waals surface area contributed by atoms with Crippen molar-refractivity contribution in [1.82, 2.24) is 0 Å². The highest BCUT2D eigenvalue weighted by Crippen LogP contribution is 2.34. The van der Waals surface area contributed by atoms with Gasteiger partial charge in [-0.1, -0.05) is 18.2 Å². The van der Waals surface area contributed by atoms with E-state index in [1.807, 2.05) is 25.1 Å². The van der Waals surface area contributed by atoms with E-state index >= 15 is 0 Å². The lowest BCUT2D eigenvalue weighted by Crippen LogP contribution is -2.08. The van der Waals surface area contributed by atoms with Gasteiger partial charge in [-0.15, -0.1) is 0 Å². The Kier molecular flexibility index (Phi) is 5.92. The molecule has 0 saturated heterocycles. The molecule has 1 aliphatic carbocycles. The second-order valence-corrected chi connectivity index (χ2v) is 6.77. The van der Waals surface area contributed by atoms with Crippen LogP contribution in [-0.2, 0) is 16.0 Å². The predicted molar refractivity (Wildman–Crippen MR) is 97.0 cm³/mol. The van der Waals surface area contributed by atoms with Crippen LogP contribution in [0.5, 0.6) is 5.75 Å². The van der Waals surface area contributed by atoms with E-state index in [1.165, 1.54) is 23.1 Å². The average Bonchev–Trinajstić information content (AvgIpc) is 3.08. The van der Waals surface area contributed by atoms with Crippen molar-refractivity contribution in [3.8, 4) is 5.75 Å². The maximum atomic E-state index is 10.7. The van der Waals surface area contributed by atoms with E-state index < -0.39 is 5.97 Å². The molecule has 1 aromatic carbocycles. The number of aryl methyl sites for hydroxylation is 2. The number of hydrogen-bond donors (Lipinski definition) is 1. The van der Waals surface area contributed by atoms with Gasteiger partial charge in [0, 0.05) is 6.42 Å². The van der Waals surface area contributed by atoms with Crippen LogP contribution in [0.25, 0.3) is 0 Å². The van der Waals surface area contributed by atoms with Crippen LogP contribution in [-0.4, -0.2) is 30.9 Å². The number of carbonyl (C=O) groups is 1. The number of allylic oxidation sites excluding steroid dienone is 1. The first-order valence-corrected chi connectivity index (χ1v) is 9.05. The molecular weight excluding hydrogens is 316 g/mol. The first kappa shape index (κ1) is 17.7. The van der Waals surface area contributed by atoms with Crippen LogP contribution in [0.4, 0.5) is 0 Å². The van der Waals surface area contributed by atoms with E-state index in [2.05, 4.69) is 6.08 Å². The Morgan fingerprint density at radius 1 is 1.28 bits per heavy atom. The topological polar surface area (TPSA) is 55.8 Å². The summed E-state index contributed by atoms with van der Waals surface area (Å²) in [6.45, 7) is 4.21. The first-order valence-electron chi connectivity index (χ1n) is 9.05. The summed E-state index contributed by atoms with van der Waals surface area (Å²) in [5.74, 6) is 0.125. The molecule has 4 heteroatoms. The third kappa shape index (κ3) is 4.73. The number of rotatable bonds is 7. The number of carboxylic acids is 1. The third-order valence-electron chi connectivity index (χ3n) is 4.95. The molecule has 1 aromatic rings. The van der Waals surface area contributed by atoms with Gasteiger partial charge in [0.05, 0.1) is 13.2 Å². The number of benzene rings is 1. The number of carboxylic acid groups (broad SMARTS) is 1. The van der Waals surface area contributed by atoms with E-state index in [0.29, 0.717) is 13.0 Å². The predicted octanol–water partition coefficient (Wildman–Crippen LogP) is 4.22. The zero-order valence-electron chi connectivity index (χ0n) is 14.8. The quantitative estimate of drug-likeness (QED) is 0.806. The molecule has 0 aromatic heterocycles. The van der Waals surface area contributed by atoms with E-state index in [1.54, 1.807) is 0 Å². The fraction of sp³-hybridized carbons (Fsp3) is 0.476. The van der Waals surface area contributed by atoms with Crippen LogP contribution >= 0.6 is 0 Å². The molecule has 2 aliphatic rings. The van der Waals surface area contributed by atoms with Gasteiger partial charge >= 0.3 is 5.97 Å². The fourth-order valence-corrected chi connectivity index (χ4v) is 3.60. The van der Waals surface area contributed by atoms with Crippen molar-refractivity contribution in [2.24, 2.45) is 0 Å². The summed E-state index contributed by atoms with van der Waals surface area (Å²) in [4.78, 5) is 10.7. The number of aliphatic carboxylic acids is 1. The highest BCUT2D eigenvalue weighted by atomic mass is 16.5. The van der Waals surface area contributed by atoms with Gasteiger partial charge in [0.25, 0.3) is 0 Å². The van der Waals surface area contributed by atoms with Gasteiger partial charge in [-0.25, -0.2) is 0 Å². The van der Waals surface area contributed by atoms with E-state index in [4.69, 9.17) is 14.6 Å².